The quantitative estimate of drug-likeness (QED) is 0.527. The molecule has 1 fully saturated rings. The largest absolute Gasteiger partial charge is 0.477 e. The molecule has 0 aliphatic heterocycles. The van der Waals surface area contributed by atoms with Gasteiger partial charge in [0.2, 0.25) is 5.91 Å². The van der Waals surface area contributed by atoms with Crippen molar-refractivity contribution in [2.75, 3.05) is 0 Å². The zero-order valence-electron chi connectivity index (χ0n) is 12.1. The van der Waals surface area contributed by atoms with Crippen LogP contribution in [0.1, 0.15) is 52.4 Å². The zero-order valence-corrected chi connectivity index (χ0v) is 12.1. The highest BCUT2D eigenvalue weighted by Crippen LogP contribution is 2.51. The van der Waals surface area contributed by atoms with Crippen LogP contribution >= 0.6 is 0 Å². The summed E-state index contributed by atoms with van der Waals surface area (Å²) in [6.45, 7) is 3.99. The minimum absolute atomic E-state index is 0.00894. The number of carbonyl (C=O) groups is 2. The van der Waals surface area contributed by atoms with Gasteiger partial charge in [0, 0.05) is 12.3 Å². The van der Waals surface area contributed by atoms with Gasteiger partial charge >= 0.3 is 5.97 Å². The lowest BCUT2D eigenvalue weighted by Crippen LogP contribution is -2.29. The molecule has 0 aromatic carbocycles. The van der Waals surface area contributed by atoms with Crippen molar-refractivity contribution in [3.8, 4) is 6.07 Å². The van der Waals surface area contributed by atoms with Crippen molar-refractivity contribution in [1.82, 2.24) is 5.32 Å². The standard InChI is InChI=1S/C15H22N2O3/c1-15(2)10-11(15)13(18)17-12(14(19)20)8-6-4-3-5-7-9-16/h8,11H,3-7,10H2,1-2H3,(H,17,18)(H,19,20). The topological polar surface area (TPSA) is 90.2 Å². The first-order chi connectivity index (χ1) is 9.38. The van der Waals surface area contributed by atoms with Crippen LogP contribution in [0.4, 0.5) is 0 Å². The van der Waals surface area contributed by atoms with Crippen LogP contribution < -0.4 is 5.32 Å². The molecule has 5 heteroatoms. The number of allylic oxidation sites excluding steroid dienone is 1. The second kappa shape index (κ2) is 7.09. The van der Waals surface area contributed by atoms with E-state index in [2.05, 4.69) is 11.4 Å². The van der Waals surface area contributed by atoms with Crippen molar-refractivity contribution in [1.29, 1.82) is 5.26 Å². The average Bonchev–Trinajstić information content (AvgIpc) is 3.01. The number of hydrogen-bond acceptors (Lipinski definition) is 3. The summed E-state index contributed by atoms with van der Waals surface area (Å²) in [5, 5.41) is 20.0. The van der Waals surface area contributed by atoms with E-state index in [1.807, 2.05) is 13.8 Å². The van der Waals surface area contributed by atoms with Crippen LogP contribution in [0.25, 0.3) is 0 Å². The molecule has 0 saturated heterocycles. The van der Waals surface area contributed by atoms with Crippen molar-refractivity contribution in [2.45, 2.75) is 52.4 Å². The maximum atomic E-state index is 11.9. The van der Waals surface area contributed by atoms with Crippen LogP contribution in [0.5, 0.6) is 0 Å². The second-order valence-corrected chi connectivity index (χ2v) is 5.91. The number of unbranched alkanes of at least 4 members (excludes halogenated alkanes) is 4. The lowest BCUT2D eigenvalue weighted by molar-refractivity contribution is -0.135. The van der Waals surface area contributed by atoms with Gasteiger partial charge in [0.25, 0.3) is 0 Å². The van der Waals surface area contributed by atoms with Gasteiger partial charge in [-0.3, -0.25) is 4.79 Å². The molecule has 0 aromatic heterocycles. The second-order valence-electron chi connectivity index (χ2n) is 5.91. The maximum absolute atomic E-state index is 11.9. The summed E-state index contributed by atoms with van der Waals surface area (Å²) in [6, 6.07) is 2.07. The lowest BCUT2D eigenvalue weighted by atomic mass is 10.1. The summed E-state index contributed by atoms with van der Waals surface area (Å²) in [4.78, 5) is 22.9. The van der Waals surface area contributed by atoms with Crippen molar-refractivity contribution < 1.29 is 14.7 Å². The molecule has 1 aliphatic rings. The number of amides is 1. The Kier molecular flexibility index (Phi) is 5.75. The number of nitrogens with one attached hydrogen (secondary N) is 1. The molecule has 110 valence electrons. The number of rotatable bonds is 8. The molecule has 1 saturated carbocycles. The molecule has 2 N–H and O–H groups in total. The SMILES string of the molecule is CC1(C)CC1C(=O)NC(=CCCCCCC#N)C(=O)O. The number of nitrogens with zero attached hydrogens (tertiary/aromatic N) is 1. The van der Waals surface area contributed by atoms with E-state index >= 15 is 0 Å². The third-order valence-corrected chi connectivity index (χ3v) is 3.66. The highest BCUT2D eigenvalue weighted by molar-refractivity contribution is 5.94. The summed E-state index contributed by atoms with van der Waals surface area (Å²) >= 11 is 0. The summed E-state index contributed by atoms with van der Waals surface area (Å²) in [5.41, 5.74) is -0.0386. The van der Waals surface area contributed by atoms with Gasteiger partial charge in [-0.2, -0.15) is 5.26 Å². The van der Waals surface area contributed by atoms with Gasteiger partial charge in [-0.25, -0.2) is 4.79 Å². The predicted molar refractivity (Wildman–Crippen MR) is 74.4 cm³/mol. The Morgan fingerprint density at radius 2 is 2.05 bits per heavy atom. The van der Waals surface area contributed by atoms with Gasteiger partial charge in [0.05, 0.1) is 6.07 Å². The van der Waals surface area contributed by atoms with E-state index in [4.69, 9.17) is 10.4 Å². The van der Waals surface area contributed by atoms with Crippen LogP contribution in [0, 0.1) is 22.7 Å². The summed E-state index contributed by atoms with van der Waals surface area (Å²) in [7, 11) is 0. The van der Waals surface area contributed by atoms with Gasteiger partial charge < -0.3 is 10.4 Å². The van der Waals surface area contributed by atoms with E-state index in [0.717, 1.165) is 25.7 Å². The molecule has 0 aromatic rings. The molecule has 5 nitrogen and oxygen atoms in total. The first kappa shape index (κ1) is 16.2. The van der Waals surface area contributed by atoms with Gasteiger partial charge in [0.1, 0.15) is 5.70 Å². The number of aliphatic carboxylic acids is 1. The summed E-state index contributed by atoms with van der Waals surface area (Å²) in [5.74, 6) is -1.39. The molecule has 0 spiro atoms. The Balaban J connectivity index is 2.39. The predicted octanol–water partition coefficient (Wildman–Crippen LogP) is 2.59. The number of nitriles is 1. The van der Waals surface area contributed by atoms with Crippen molar-refractivity contribution in [3.05, 3.63) is 11.8 Å². The third-order valence-electron chi connectivity index (χ3n) is 3.66. The van der Waals surface area contributed by atoms with Crippen molar-refractivity contribution >= 4 is 11.9 Å². The number of carboxylic acids is 1. The Labute approximate surface area is 119 Å². The van der Waals surface area contributed by atoms with Gasteiger partial charge in [-0.05, 0) is 31.1 Å². The molecule has 1 rings (SSSR count). The Morgan fingerprint density at radius 1 is 1.40 bits per heavy atom. The summed E-state index contributed by atoms with van der Waals surface area (Å²) in [6.07, 6.45) is 6.03. The number of carbonyl (C=O) groups excluding carboxylic acids is 1. The van der Waals surface area contributed by atoms with Crippen LogP contribution in [0.15, 0.2) is 11.8 Å². The van der Waals surface area contributed by atoms with E-state index in [1.165, 1.54) is 0 Å². The van der Waals surface area contributed by atoms with Crippen molar-refractivity contribution in [3.63, 3.8) is 0 Å². The fraction of sp³-hybridized carbons (Fsp3) is 0.667. The third kappa shape index (κ3) is 5.04. The Hall–Kier alpha value is -1.83. The lowest BCUT2D eigenvalue weighted by Gasteiger charge is -2.07. The van der Waals surface area contributed by atoms with Gasteiger partial charge in [-0.1, -0.05) is 26.3 Å². The number of hydrogen-bond donors (Lipinski definition) is 2. The van der Waals surface area contributed by atoms with E-state index in [-0.39, 0.29) is 22.9 Å². The normalized spacial score (nSPS) is 20.1. The number of carboxylic acid groups (broad SMARTS) is 1. The fourth-order valence-electron chi connectivity index (χ4n) is 2.10. The Morgan fingerprint density at radius 3 is 2.55 bits per heavy atom. The first-order valence-corrected chi connectivity index (χ1v) is 7.00. The smallest absolute Gasteiger partial charge is 0.352 e. The minimum atomic E-state index is -1.10. The molecule has 1 unspecified atom stereocenters. The highest BCUT2D eigenvalue weighted by atomic mass is 16.4. The minimum Gasteiger partial charge on any atom is -0.477 e. The first-order valence-electron chi connectivity index (χ1n) is 7.00. The molecule has 0 radical (unpaired) electrons. The molecule has 20 heavy (non-hydrogen) atoms. The molecule has 0 heterocycles. The molecule has 1 amide bonds. The molecule has 1 atom stereocenters. The van der Waals surface area contributed by atoms with E-state index in [1.54, 1.807) is 6.08 Å². The molecule has 0 bridgehead atoms. The zero-order chi connectivity index (χ0) is 15.2. The van der Waals surface area contributed by atoms with Crippen LogP contribution in [0.3, 0.4) is 0 Å². The van der Waals surface area contributed by atoms with Crippen molar-refractivity contribution in [2.24, 2.45) is 11.3 Å². The van der Waals surface area contributed by atoms with Crippen LogP contribution in [0.2, 0.25) is 0 Å². The van der Waals surface area contributed by atoms with Crippen LogP contribution in [-0.2, 0) is 9.59 Å². The highest BCUT2D eigenvalue weighted by Gasteiger charge is 2.50. The monoisotopic (exact) mass is 278 g/mol. The van der Waals surface area contributed by atoms with Gasteiger partial charge in [-0.15, -0.1) is 0 Å². The van der Waals surface area contributed by atoms with Gasteiger partial charge in [0.15, 0.2) is 0 Å². The maximum Gasteiger partial charge on any atom is 0.352 e. The van der Waals surface area contributed by atoms with E-state index in [0.29, 0.717) is 12.8 Å². The van der Waals surface area contributed by atoms with E-state index < -0.39 is 5.97 Å². The van der Waals surface area contributed by atoms with Crippen LogP contribution in [-0.4, -0.2) is 17.0 Å². The summed E-state index contributed by atoms with van der Waals surface area (Å²) < 4.78 is 0. The average molecular weight is 278 g/mol. The Bertz CT molecular complexity index is 447. The molecular weight excluding hydrogens is 256 g/mol. The fourth-order valence-corrected chi connectivity index (χ4v) is 2.10. The molecular formula is C15H22N2O3. The molecule has 1 aliphatic carbocycles. The van der Waals surface area contributed by atoms with E-state index in [9.17, 15) is 9.59 Å².